The predicted molar refractivity (Wildman–Crippen MR) is 117 cm³/mol. The number of nitrogens with one attached hydrogen (secondary N) is 1. The summed E-state index contributed by atoms with van der Waals surface area (Å²) >= 11 is 0. The average Bonchev–Trinajstić information content (AvgIpc) is 2.74. The number of allylic oxidation sites excluding steroid dienone is 7. The fourth-order valence-corrected chi connectivity index (χ4v) is 5.73. The number of aromatic nitrogens is 1. The number of aryl methyl sites for hydroxylation is 1. The van der Waals surface area contributed by atoms with Crippen LogP contribution in [0, 0.1) is 12.8 Å². The minimum atomic E-state index is 0.502. The Morgan fingerprint density at radius 3 is 2.82 bits per heavy atom. The Balaban J connectivity index is 1.61. The van der Waals surface area contributed by atoms with E-state index in [2.05, 4.69) is 55.6 Å². The van der Waals surface area contributed by atoms with Gasteiger partial charge in [0.05, 0.1) is 11.4 Å². The summed E-state index contributed by atoms with van der Waals surface area (Å²) in [5, 5.41) is 3.85. The molecule has 0 spiro atoms. The minimum Gasteiger partial charge on any atom is -0.381 e. The van der Waals surface area contributed by atoms with Crippen LogP contribution in [0.4, 0.5) is 0 Å². The molecule has 28 heavy (non-hydrogen) atoms. The Bertz CT molecular complexity index is 899. The maximum Gasteiger partial charge on any atom is 0.0898 e. The van der Waals surface area contributed by atoms with E-state index in [1.54, 1.807) is 16.7 Å². The molecule has 1 N–H and O–H groups in total. The van der Waals surface area contributed by atoms with E-state index in [0.29, 0.717) is 17.9 Å². The number of rotatable bonds is 2. The van der Waals surface area contributed by atoms with Gasteiger partial charge in [-0.05, 0) is 88.0 Å². The fraction of sp³-hybridized carbons (Fsp3) is 0.500. The molecule has 0 aromatic carbocycles. The maximum absolute atomic E-state index is 5.09. The Morgan fingerprint density at radius 2 is 2.04 bits per heavy atom. The van der Waals surface area contributed by atoms with Crippen molar-refractivity contribution in [3.05, 3.63) is 70.1 Å². The standard InChI is InChI=1S/C26H32N2/c1-17-15-23(19-9-5-3-6-10-19)21-13-14-22-24(20-11-7-4-8-12-20)16-18(2)28-26(22)25(21)27-17/h3,5,7,9,11,16-17,20,23,27H,4,6,8,10,12-15H2,1-2H3. The van der Waals surface area contributed by atoms with E-state index < -0.39 is 0 Å². The second-order valence-electron chi connectivity index (χ2n) is 9.09. The van der Waals surface area contributed by atoms with Crippen molar-refractivity contribution in [3.63, 3.8) is 0 Å². The summed E-state index contributed by atoms with van der Waals surface area (Å²) < 4.78 is 0. The summed E-state index contributed by atoms with van der Waals surface area (Å²) in [4.78, 5) is 5.09. The average molecular weight is 373 g/mol. The van der Waals surface area contributed by atoms with Crippen molar-refractivity contribution in [1.82, 2.24) is 10.3 Å². The molecular formula is C26H32N2. The Morgan fingerprint density at radius 1 is 1.11 bits per heavy atom. The third-order valence-corrected chi connectivity index (χ3v) is 7.04. The van der Waals surface area contributed by atoms with Gasteiger partial charge in [0.2, 0.25) is 0 Å². The van der Waals surface area contributed by atoms with Crippen molar-refractivity contribution >= 4 is 5.70 Å². The largest absolute Gasteiger partial charge is 0.381 e. The highest BCUT2D eigenvalue weighted by molar-refractivity contribution is 5.73. The van der Waals surface area contributed by atoms with Gasteiger partial charge in [-0.15, -0.1) is 0 Å². The van der Waals surface area contributed by atoms with Crippen LogP contribution in [0.3, 0.4) is 0 Å². The zero-order valence-corrected chi connectivity index (χ0v) is 17.3. The van der Waals surface area contributed by atoms with E-state index in [-0.39, 0.29) is 0 Å². The summed E-state index contributed by atoms with van der Waals surface area (Å²) in [5.74, 6) is 1.18. The van der Waals surface area contributed by atoms with Gasteiger partial charge in [-0.2, -0.15) is 0 Å². The SMILES string of the molecule is Cc1cc(C2C=CCCC2)c2c(n1)C1=C(CC2)C(C2=CC=CCC2)CC(C)N1. The van der Waals surface area contributed by atoms with E-state index in [1.165, 1.54) is 61.9 Å². The maximum atomic E-state index is 5.09. The lowest BCUT2D eigenvalue weighted by Gasteiger charge is -2.39. The molecule has 0 radical (unpaired) electrons. The van der Waals surface area contributed by atoms with Crippen molar-refractivity contribution < 1.29 is 0 Å². The van der Waals surface area contributed by atoms with Crippen LogP contribution in [0.2, 0.25) is 0 Å². The van der Waals surface area contributed by atoms with Crippen LogP contribution in [-0.2, 0) is 6.42 Å². The van der Waals surface area contributed by atoms with Gasteiger partial charge in [0.1, 0.15) is 0 Å². The van der Waals surface area contributed by atoms with Gasteiger partial charge >= 0.3 is 0 Å². The smallest absolute Gasteiger partial charge is 0.0898 e. The molecule has 0 fully saturated rings. The molecule has 146 valence electrons. The fourth-order valence-electron chi connectivity index (χ4n) is 5.73. The van der Waals surface area contributed by atoms with E-state index in [1.807, 2.05) is 0 Å². The van der Waals surface area contributed by atoms with Crippen LogP contribution < -0.4 is 5.32 Å². The van der Waals surface area contributed by atoms with Gasteiger partial charge < -0.3 is 5.32 Å². The minimum absolute atomic E-state index is 0.502. The molecule has 1 aromatic heterocycles. The predicted octanol–water partition coefficient (Wildman–Crippen LogP) is 6.15. The van der Waals surface area contributed by atoms with Crippen LogP contribution in [0.5, 0.6) is 0 Å². The molecule has 3 aliphatic carbocycles. The first-order valence-electron chi connectivity index (χ1n) is 11.2. The first-order chi connectivity index (χ1) is 13.7. The summed E-state index contributed by atoms with van der Waals surface area (Å²) in [5.41, 5.74) is 10.1. The van der Waals surface area contributed by atoms with E-state index in [4.69, 9.17) is 4.98 Å². The van der Waals surface area contributed by atoms with Crippen molar-refractivity contribution in [2.24, 2.45) is 5.92 Å². The Kier molecular flexibility index (Phi) is 4.74. The number of fused-ring (bicyclic) bond motifs is 2. The Labute approximate surface area is 169 Å². The summed E-state index contributed by atoms with van der Waals surface area (Å²) in [6.07, 6.45) is 21.6. The molecule has 3 atom stereocenters. The van der Waals surface area contributed by atoms with Crippen molar-refractivity contribution in [3.8, 4) is 0 Å². The third kappa shape index (κ3) is 3.17. The zero-order chi connectivity index (χ0) is 19.1. The quantitative estimate of drug-likeness (QED) is 0.630. The summed E-state index contributed by atoms with van der Waals surface area (Å²) in [7, 11) is 0. The lowest BCUT2D eigenvalue weighted by atomic mass is 9.73. The highest BCUT2D eigenvalue weighted by atomic mass is 15.0. The monoisotopic (exact) mass is 372 g/mol. The molecule has 0 saturated heterocycles. The number of nitrogens with zero attached hydrogens (tertiary/aromatic N) is 1. The second kappa shape index (κ2) is 7.39. The third-order valence-electron chi connectivity index (χ3n) is 7.04. The lowest BCUT2D eigenvalue weighted by Crippen LogP contribution is -2.37. The zero-order valence-electron chi connectivity index (χ0n) is 17.3. The molecule has 5 rings (SSSR count). The topological polar surface area (TPSA) is 24.9 Å². The van der Waals surface area contributed by atoms with Gasteiger partial charge in [0.15, 0.2) is 0 Å². The van der Waals surface area contributed by atoms with Crippen LogP contribution in [0.25, 0.3) is 5.70 Å². The van der Waals surface area contributed by atoms with E-state index in [0.717, 1.165) is 12.1 Å². The van der Waals surface area contributed by atoms with Crippen LogP contribution in [0.1, 0.15) is 80.3 Å². The van der Waals surface area contributed by atoms with Crippen molar-refractivity contribution in [2.75, 3.05) is 0 Å². The molecule has 2 nitrogen and oxygen atoms in total. The molecule has 1 aliphatic heterocycles. The molecule has 0 amide bonds. The molecule has 0 bridgehead atoms. The second-order valence-corrected chi connectivity index (χ2v) is 9.09. The molecule has 3 unspecified atom stereocenters. The molecule has 0 saturated carbocycles. The molecular weight excluding hydrogens is 340 g/mol. The first-order valence-corrected chi connectivity index (χ1v) is 11.2. The first kappa shape index (κ1) is 18.0. The van der Waals surface area contributed by atoms with Gasteiger partial charge in [-0.25, -0.2) is 0 Å². The summed E-state index contributed by atoms with van der Waals surface area (Å²) in [6, 6.07) is 2.87. The molecule has 2 heterocycles. The van der Waals surface area contributed by atoms with Crippen LogP contribution in [0.15, 0.2) is 47.6 Å². The molecule has 2 heteroatoms. The Hall–Kier alpha value is -2.09. The van der Waals surface area contributed by atoms with Gasteiger partial charge in [-0.3, -0.25) is 4.98 Å². The normalized spacial score (nSPS) is 29.1. The summed E-state index contributed by atoms with van der Waals surface area (Å²) in [6.45, 7) is 4.51. The molecule has 4 aliphatic rings. The van der Waals surface area contributed by atoms with Crippen molar-refractivity contribution in [2.45, 2.75) is 77.2 Å². The number of hydrogen-bond donors (Lipinski definition) is 1. The number of pyridine rings is 1. The van der Waals surface area contributed by atoms with E-state index in [9.17, 15) is 0 Å². The van der Waals surface area contributed by atoms with Gasteiger partial charge in [0, 0.05) is 23.6 Å². The highest BCUT2D eigenvalue weighted by Crippen LogP contribution is 2.44. The van der Waals surface area contributed by atoms with Gasteiger partial charge in [-0.1, -0.05) is 36.0 Å². The van der Waals surface area contributed by atoms with Crippen LogP contribution >= 0.6 is 0 Å². The number of hydrogen-bond acceptors (Lipinski definition) is 2. The highest BCUT2D eigenvalue weighted by Gasteiger charge is 2.35. The van der Waals surface area contributed by atoms with E-state index >= 15 is 0 Å². The van der Waals surface area contributed by atoms with Gasteiger partial charge in [0.25, 0.3) is 0 Å². The van der Waals surface area contributed by atoms with Crippen molar-refractivity contribution in [1.29, 1.82) is 0 Å². The van der Waals surface area contributed by atoms with Crippen LogP contribution in [-0.4, -0.2) is 11.0 Å². The lowest BCUT2D eigenvalue weighted by molar-refractivity contribution is 0.462. The molecule has 1 aromatic rings.